The summed E-state index contributed by atoms with van der Waals surface area (Å²) in [7, 11) is 0. The van der Waals surface area contributed by atoms with Gasteiger partial charge in [0.05, 0.1) is 12.0 Å². The number of benzene rings is 2. The van der Waals surface area contributed by atoms with Crippen LogP contribution in [0.4, 0.5) is 0 Å². The lowest BCUT2D eigenvalue weighted by Crippen LogP contribution is -2.14. The average molecular weight is 252 g/mol. The molecule has 0 aliphatic heterocycles. The van der Waals surface area contributed by atoms with Crippen LogP contribution in [0.5, 0.6) is 0 Å². The van der Waals surface area contributed by atoms with E-state index in [0.29, 0.717) is 0 Å². The standard InChI is InChI=1S/C15H12N2O2/c1-11(9-16)15(10-17(18)19)14-8-4-6-12-5-2-3-7-13(12)14/h2-8,15H,1,10H2. The van der Waals surface area contributed by atoms with Gasteiger partial charge in [-0.15, -0.1) is 0 Å². The molecule has 2 aromatic carbocycles. The molecule has 0 fully saturated rings. The number of nitrogens with zero attached hydrogens (tertiary/aromatic N) is 2. The van der Waals surface area contributed by atoms with Gasteiger partial charge in [0.2, 0.25) is 6.54 Å². The van der Waals surface area contributed by atoms with E-state index in [1.54, 1.807) is 0 Å². The van der Waals surface area contributed by atoms with Crippen molar-refractivity contribution in [2.24, 2.45) is 0 Å². The summed E-state index contributed by atoms with van der Waals surface area (Å²) >= 11 is 0. The molecule has 0 aliphatic rings. The van der Waals surface area contributed by atoms with Gasteiger partial charge in [-0.25, -0.2) is 0 Å². The maximum Gasteiger partial charge on any atom is 0.215 e. The smallest absolute Gasteiger partial charge is 0.215 e. The van der Waals surface area contributed by atoms with Gasteiger partial charge in [-0.1, -0.05) is 49.0 Å². The highest BCUT2D eigenvalue weighted by molar-refractivity contribution is 5.86. The van der Waals surface area contributed by atoms with E-state index >= 15 is 0 Å². The van der Waals surface area contributed by atoms with E-state index in [1.807, 2.05) is 48.5 Å². The fourth-order valence-corrected chi connectivity index (χ4v) is 2.18. The quantitative estimate of drug-likeness (QED) is 0.476. The molecule has 0 radical (unpaired) electrons. The monoisotopic (exact) mass is 252 g/mol. The van der Waals surface area contributed by atoms with Crippen LogP contribution >= 0.6 is 0 Å². The largest absolute Gasteiger partial charge is 0.265 e. The van der Waals surface area contributed by atoms with Gasteiger partial charge in [0, 0.05) is 10.5 Å². The summed E-state index contributed by atoms with van der Waals surface area (Å²) in [5.41, 5.74) is 0.995. The Hall–Kier alpha value is -2.67. The zero-order valence-electron chi connectivity index (χ0n) is 10.2. The molecule has 0 N–H and O–H groups in total. The molecule has 1 unspecified atom stereocenters. The van der Waals surface area contributed by atoms with Crippen LogP contribution in [0.15, 0.2) is 54.6 Å². The number of hydrogen-bond donors (Lipinski definition) is 0. The molecule has 0 saturated carbocycles. The summed E-state index contributed by atoms with van der Waals surface area (Å²) in [6, 6.07) is 15.2. The Morgan fingerprint density at radius 3 is 2.68 bits per heavy atom. The summed E-state index contributed by atoms with van der Waals surface area (Å²) in [4.78, 5) is 10.4. The first-order chi connectivity index (χ1) is 9.13. The molecule has 0 bridgehead atoms. The minimum atomic E-state index is -0.578. The summed E-state index contributed by atoms with van der Waals surface area (Å²) in [5, 5.41) is 21.7. The molecule has 4 heteroatoms. The number of fused-ring (bicyclic) bond motifs is 1. The number of nitriles is 1. The zero-order chi connectivity index (χ0) is 13.8. The van der Waals surface area contributed by atoms with E-state index in [2.05, 4.69) is 6.58 Å². The van der Waals surface area contributed by atoms with E-state index in [-0.39, 0.29) is 12.1 Å². The predicted molar refractivity (Wildman–Crippen MR) is 73.3 cm³/mol. The van der Waals surface area contributed by atoms with Crippen molar-refractivity contribution in [3.63, 3.8) is 0 Å². The number of hydrogen-bond acceptors (Lipinski definition) is 3. The SMILES string of the molecule is C=C(C#N)C(C[N+](=O)[O-])c1cccc2ccccc12. The van der Waals surface area contributed by atoms with E-state index in [9.17, 15) is 10.1 Å². The van der Waals surface area contributed by atoms with Crippen molar-refractivity contribution in [2.75, 3.05) is 6.54 Å². The molecule has 19 heavy (non-hydrogen) atoms. The van der Waals surface area contributed by atoms with Crippen molar-refractivity contribution in [1.29, 1.82) is 5.26 Å². The van der Waals surface area contributed by atoms with Crippen LogP contribution in [0, 0.1) is 21.4 Å². The Morgan fingerprint density at radius 1 is 1.32 bits per heavy atom. The summed E-state index contributed by atoms with van der Waals surface area (Å²) in [5.74, 6) is -0.578. The molecule has 4 nitrogen and oxygen atoms in total. The fraction of sp³-hybridized carbons (Fsp3) is 0.133. The third-order valence-electron chi connectivity index (χ3n) is 3.09. The molecule has 2 rings (SSSR count). The van der Waals surface area contributed by atoms with Crippen molar-refractivity contribution < 1.29 is 4.92 Å². The Kier molecular flexibility index (Phi) is 3.58. The summed E-state index contributed by atoms with van der Waals surface area (Å²) in [6.07, 6.45) is 0. The lowest BCUT2D eigenvalue weighted by atomic mass is 9.89. The second-order valence-corrected chi connectivity index (χ2v) is 4.27. The Balaban J connectivity index is 2.59. The van der Waals surface area contributed by atoms with Crippen LogP contribution in [0.2, 0.25) is 0 Å². The first kappa shape index (κ1) is 12.8. The van der Waals surface area contributed by atoms with Gasteiger partial charge in [0.1, 0.15) is 0 Å². The second-order valence-electron chi connectivity index (χ2n) is 4.27. The van der Waals surface area contributed by atoms with Crippen LogP contribution in [-0.2, 0) is 0 Å². The molecular weight excluding hydrogens is 240 g/mol. The van der Waals surface area contributed by atoms with Gasteiger partial charge in [-0.2, -0.15) is 5.26 Å². The molecule has 0 saturated heterocycles. The van der Waals surface area contributed by atoms with E-state index in [0.717, 1.165) is 16.3 Å². The third-order valence-corrected chi connectivity index (χ3v) is 3.09. The van der Waals surface area contributed by atoms with E-state index in [4.69, 9.17) is 5.26 Å². The van der Waals surface area contributed by atoms with Crippen LogP contribution in [0.3, 0.4) is 0 Å². The molecule has 0 amide bonds. The molecular formula is C15H12N2O2. The zero-order valence-corrected chi connectivity index (χ0v) is 10.2. The number of rotatable bonds is 4. The Bertz CT molecular complexity index is 681. The van der Waals surface area contributed by atoms with Crippen molar-refractivity contribution in [2.45, 2.75) is 5.92 Å². The Labute approximate surface area is 110 Å². The highest BCUT2D eigenvalue weighted by atomic mass is 16.6. The highest BCUT2D eigenvalue weighted by Gasteiger charge is 2.22. The van der Waals surface area contributed by atoms with Crippen LogP contribution in [-0.4, -0.2) is 11.5 Å². The van der Waals surface area contributed by atoms with Crippen LogP contribution in [0.25, 0.3) is 10.8 Å². The highest BCUT2D eigenvalue weighted by Crippen LogP contribution is 2.30. The van der Waals surface area contributed by atoms with Crippen LogP contribution in [0.1, 0.15) is 11.5 Å². The van der Waals surface area contributed by atoms with Crippen molar-refractivity contribution in [3.8, 4) is 6.07 Å². The normalized spacial score (nSPS) is 11.7. The van der Waals surface area contributed by atoms with E-state index < -0.39 is 10.8 Å². The first-order valence-electron chi connectivity index (χ1n) is 5.82. The summed E-state index contributed by atoms with van der Waals surface area (Å²) in [6.45, 7) is 3.33. The molecule has 2 aromatic rings. The van der Waals surface area contributed by atoms with Crippen molar-refractivity contribution in [1.82, 2.24) is 0 Å². The van der Waals surface area contributed by atoms with Crippen molar-refractivity contribution in [3.05, 3.63) is 70.3 Å². The third kappa shape index (κ3) is 2.61. The van der Waals surface area contributed by atoms with Gasteiger partial charge in [0.15, 0.2) is 0 Å². The molecule has 0 aliphatic carbocycles. The van der Waals surface area contributed by atoms with Gasteiger partial charge >= 0.3 is 0 Å². The van der Waals surface area contributed by atoms with Crippen LogP contribution < -0.4 is 0 Å². The van der Waals surface area contributed by atoms with E-state index in [1.165, 1.54) is 0 Å². The molecule has 94 valence electrons. The predicted octanol–water partition coefficient (Wildman–Crippen LogP) is 3.28. The van der Waals surface area contributed by atoms with Gasteiger partial charge in [-0.05, 0) is 16.3 Å². The van der Waals surface area contributed by atoms with Gasteiger partial charge in [0.25, 0.3) is 0 Å². The maximum absolute atomic E-state index is 10.8. The summed E-state index contributed by atoms with van der Waals surface area (Å²) < 4.78 is 0. The molecule has 0 aromatic heterocycles. The number of nitro groups is 1. The minimum absolute atomic E-state index is 0.216. The lowest BCUT2D eigenvalue weighted by molar-refractivity contribution is -0.481. The molecule has 0 spiro atoms. The second kappa shape index (κ2) is 5.32. The topological polar surface area (TPSA) is 66.9 Å². The maximum atomic E-state index is 10.8. The van der Waals surface area contributed by atoms with Crippen molar-refractivity contribution >= 4 is 10.8 Å². The Morgan fingerprint density at radius 2 is 2.00 bits per heavy atom. The average Bonchev–Trinajstić information content (AvgIpc) is 2.43. The molecule has 0 heterocycles. The van der Waals surface area contributed by atoms with Gasteiger partial charge in [-0.3, -0.25) is 10.1 Å². The molecule has 1 atom stereocenters. The fourth-order valence-electron chi connectivity index (χ4n) is 2.18. The lowest BCUT2D eigenvalue weighted by Gasteiger charge is -2.14. The van der Waals surface area contributed by atoms with Gasteiger partial charge < -0.3 is 0 Å². The minimum Gasteiger partial charge on any atom is -0.265 e. The first-order valence-corrected chi connectivity index (χ1v) is 5.82.